The van der Waals surface area contributed by atoms with Gasteiger partial charge in [0.1, 0.15) is 0 Å². The topological polar surface area (TPSA) is 3.24 Å². The fourth-order valence-electron chi connectivity index (χ4n) is 1.90. The minimum atomic E-state index is 0.894. The molecule has 1 nitrogen and oxygen atoms in total. The molecule has 0 saturated carbocycles. The molecule has 0 aliphatic carbocycles. The summed E-state index contributed by atoms with van der Waals surface area (Å²) in [6.07, 6.45) is 5.05. The zero-order chi connectivity index (χ0) is 12.5. The summed E-state index contributed by atoms with van der Waals surface area (Å²) in [6, 6.07) is 8.18. The Morgan fingerprint density at radius 1 is 1.00 bits per heavy atom. The Bertz CT molecular complexity index is 304. The van der Waals surface area contributed by atoms with Crippen LogP contribution >= 0.6 is 11.6 Å². The maximum absolute atomic E-state index is 6.21. The minimum Gasteiger partial charge on any atom is -0.299 e. The molecule has 0 aliphatic rings. The van der Waals surface area contributed by atoms with E-state index in [-0.39, 0.29) is 0 Å². The zero-order valence-electron chi connectivity index (χ0n) is 11.1. The first-order valence-electron chi connectivity index (χ1n) is 6.73. The van der Waals surface area contributed by atoms with Gasteiger partial charge in [-0.15, -0.1) is 0 Å². The van der Waals surface area contributed by atoms with Crippen LogP contribution in [0.2, 0.25) is 5.02 Å². The Labute approximate surface area is 111 Å². The highest BCUT2D eigenvalue weighted by molar-refractivity contribution is 6.31. The SMILES string of the molecule is CCCCN(CCCC)Cc1ccccc1Cl. The van der Waals surface area contributed by atoms with Gasteiger partial charge >= 0.3 is 0 Å². The van der Waals surface area contributed by atoms with Gasteiger partial charge in [0.2, 0.25) is 0 Å². The molecule has 0 bridgehead atoms. The summed E-state index contributed by atoms with van der Waals surface area (Å²) < 4.78 is 0. The molecule has 0 spiro atoms. The van der Waals surface area contributed by atoms with Gasteiger partial charge in [-0.3, -0.25) is 4.90 Å². The zero-order valence-corrected chi connectivity index (χ0v) is 11.8. The molecule has 0 saturated heterocycles. The largest absolute Gasteiger partial charge is 0.299 e. The van der Waals surface area contributed by atoms with E-state index in [1.807, 2.05) is 12.1 Å². The quantitative estimate of drug-likeness (QED) is 0.647. The number of benzene rings is 1. The van der Waals surface area contributed by atoms with Crippen LogP contribution in [-0.4, -0.2) is 18.0 Å². The number of rotatable bonds is 8. The van der Waals surface area contributed by atoms with E-state index < -0.39 is 0 Å². The number of unbranched alkanes of at least 4 members (excludes halogenated alkanes) is 2. The lowest BCUT2D eigenvalue weighted by molar-refractivity contribution is 0.257. The van der Waals surface area contributed by atoms with E-state index >= 15 is 0 Å². The van der Waals surface area contributed by atoms with Gasteiger partial charge < -0.3 is 0 Å². The van der Waals surface area contributed by atoms with E-state index in [2.05, 4.69) is 30.9 Å². The summed E-state index contributed by atoms with van der Waals surface area (Å²) in [5.74, 6) is 0. The maximum Gasteiger partial charge on any atom is 0.0451 e. The highest BCUT2D eigenvalue weighted by atomic mass is 35.5. The Morgan fingerprint density at radius 3 is 2.12 bits per heavy atom. The molecule has 2 heteroatoms. The fraction of sp³-hybridized carbons (Fsp3) is 0.600. The Morgan fingerprint density at radius 2 is 1.59 bits per heavy atom. The van der Waals surface area contributed by atoms with Gasteiger partial charge in [0, 0.05) is 11.6 Å². The lowest BCUT2D eigenvalue weighted by atomic mass is 10.2. The van der Waals surface area contributed by atoms with Crippen molar-refractivity contribution in [3.63, 3.8) is 0 Å². The summed E-state index contributed by atoms with van der Waals surface area (Å²) >= 11 is 6.21. The molecule has 0 heterocycles. The first-order chi connectivity index (χ1) is 8.27. The number of halogens is 1. The Kier molecular flexibility index (Phi) is 7.30. The Hall–Kier alpha value is -0.530. The molecule has 0 atom stereocenters. The van der Waals surface area contributed by atoms with Crippen molar-refractivity contribution in [1.82, 2.24) is 4.90 Å². The van der Waals surface area contributed by atoms with E-state index in [9.17, 15) is 0 Å². The third-order valence-electron chi connectivity index (χ3n) is 3.01. The molecule has 17 heavy (non-hydrogen) atoms. The van der Waals surface area contributed by atoms with E-state index in [0.717, 1.165) is 11.6 Å². The first-order valence-corrected chi connectivity index (χ1v) is 7.11. The molecule has 0 radical (unpaired) electrons. The average Bonchev–Trinajstić information content (AvgIpc) is 2.35. The summed E-state index contributed by atoms with van der Waals surface area (Å²) in [5.41, 5.74) is 1.25. The molecule has 0 fully saturated rings. The molecule has 0 aliphatic heterocycles. The molecule has 1 rings (SSSR count). The molecule has 0 unspecified atom stereocenters. The molecule has 0 N–H and O–H groups in total. The van der Waals surface area contributed by atoms with Gasteiger partial charge in [-0.25, -0.2) is 0 Å². The number of hydrogen-bond donors (Lipinski definition) is 0. The van der Waals surface area contributed by atoms with Crippen molar-refractivity contribution in [2.45, 2.75) is 46.1 Å². The van der Waals surface area contributed by atoms with Crippen LogP contribution in [0.25, 0.3) is 0 Å². The lowest BCUT2D eigenvalue weighted by Crippen LogP contribution is -2.25. The van der Waals surface area contributed by atoms with Crippen LogP contribution in [0, 0.1) is 0 Å². The highest BCUT2D eigenvalue weighted by Crippen LogP contribution is 2.17. The van der Waals surface area contributed by atoms with Crippen molar-refractivity contribution in [3.05, 3.63) is 34.9 Å². The van der Waals surface area contributed by atoms with Gasteiger partial charge in [-0.05, 0) is 37.6 Å². The van der Waals surface area contributed by atoms with Crippen molar-refractivity contribution in [1.29, 1.82) is 0 Å². The summed E-state index contributed by atoms with van der Waals surface area (Å²) in [4.78, 5) is 2.52. The predicted octanol–water partition coefficient (Wildman–Crippen LogP) is 4.74. The van der Waals surface area contributed by atoms with E-state index in [4.69, 9.17) is 11.6 Å². The molecular formula is C15H24ClN. The third kappa shape index (κ3) is 5.56. The second kappa shape index (κ2) is 8.54. The second-order valence-electron chi connectivity index (χ2n) is 4.57. The van der Waals surface area contributed by atoms with Crippen molar-refractivity contribution >= 4 is 11.6 Å². The number of nitrogens with zero attached hydrogens (tertiary/aromatic N) is 1. The van der Waals surface area contributed by atoms with Crippen LogP contribution in [0.5, 0.6) is 0 Å². The summed E-state index contributed by atoms with van der Waals surface area (Å²) in [5, 5.41) is 0.894. The smallest absolute Gasteiger partial charge is 0.0451 e. The predicted molar refractivity (Wildman–Crippen MR) is 76.5 cm³/mol. The molecule has 0 amide bonds. The van der Waals surface area contributed by atoms with Crippen LogP contribution < -0.4 is 0 Å². The van der Waals surface area contributed by atoms with Gasteiger partial charge in [0.05, 0.1) is 0 Å². The van der Waals surface area contributed by atoms with Crippen molar-refractivity contribution in [3.8, 4) is 0 Å². The molecular weight excluding hydrogens is 230 g/mol. The van der Waals surface area contributed by atoms with Gasteiger partial charge in [-0.1, -0.05) is 56.5 Å². The van der Waals surface area contributed by atoms with Crippen molar-refractivity contribution in [2.24, 2.45) is 0 Å². The van der Waals surface area contributed by atoms with Crippen LogP contribution in [0.15, 0.2) is 24.3 Å². The van der Waals surface area contributed by atoms with Gasteiger partial charge in [0.15, 0.2) is 0 Å². The average molecular weight is 254 g/mol. The summed E-state index contributed by atoms with van der Waals surface area (Å²) in [7, 11) is 0. The van der Waals surface area contributed by atoms with Crippen molar-refractivity contribution in [2.75, 3.05) is 13.1 Å². The summed E-state index contributed by atoms with van der Waals surface area (Å²) in [6.45, 7) is 7.84. The van der Waals surface area contributed by atoms with Crippen molar-refractivity contribution < 1.29 is 0 Å². The lowest BCUT2D eigenvalue weighted by Gasteiger charge is -2.22. The van der Waals surface area contributed by atoms with Crippen LogP contribution in [0.4, 0.5) is 0 Å². The van der Waals surface area contributed by atoms with E-state index in [1.54, 1.807) is 0 Å². The van der Waals surface area contributed by atoms with Gasteiger partial charge in [-0.2, -0.15) is 0 Å². The van der Waals surface area contributed by atoms with Crippen LogP contribution in [0.1, 0.15) is 45.1 Å². The van der Waals surface area contributed by atoms with E-state index in [0.29, 0.717) is 0 Å². The Balaban J connectivity index is 2.55. The third-order valence-corrected chi connectivity index (χ3v) is 3.38. The monoisotopic (exact) mass is 253 g/mol. The molecule has 1 aromatic rings. The minimum absolute atomic E-state index is 0.894. The first kappa shape index (κ1) is 14.5. The molecule has 0 aromatic heterocycles. The number of hydrogen-bond acceptors (Lipinski definition) is 1. The van der Waals surface area contributed by atoms with Gasteiger partial charge in [0.25, 0.3) is 0 Å². The maximum atomic E-state index is 6.21. The normalized spacial score (nSPS) is 11.1. The van der Waals surface area contributed by atoms with Crippen LogP contribution in [-0.2, 0) is 6.54 Å². The standard InChI is InChI=1S/C15H24ClN/c1-3-5-11-17(12-6-4-2)13-14-9-7-8-10-15(14)16/h7-10H,3-6,11-13H2,1-2H3. The second-order valence-corrected chi connectivity index (χ2v) is 4.98. The van der Waals surface area contributed by atoms with Crippen LogP contribution in [0.3, 0.4) is 0 Å². The highest BCUT2D eigenvalue weighted by Gasteiger charge is 2.07. The molecule has 1 aromatic carbocycles. The fourth-order valence-corrected chi connectivity index (χ4v) is 2.10. The van der Waals surface area contributed by atoms with E-state index in [1.165, 1.54) is 44.3 Å². The molecule has 96 valence electrons.